The lowest BCUT2D eigenvalue weighted by molar-refractivity contribution is 0.161. The van der Waals surface area contributed by atoms with Gasteiger partial charge < -0.3 is 4.74 Å². The normalized spacial score (nSPS) is 43.4. The average molecular weight is 154 g/mol. The quantitative estimate of drug-likeness (QED) is 0.529. The second-order valence-electron chi connectivity index (χ2n) is 4.57. The number of hydrogen-bond acceptors (Lipinski definition) is 1. The molecule has 2 unspecified atom stereocenters. The van der Waals surface area contributed by atoms with E-state index < -0.39 is 0 Å². The first-order valence-electron chi connectivity index (χ1n) is 4.86. The number of epoxide rings is 1. The third-order valence-electron chi connectivity index (χ3n) is 3.34. The van der Waals surface area contributed by atoms with Crippen molar-refractivity contribution in [2.24, 2.45) is 11.8 Å². The summed E-state index contributed by atoms with van der Waals surface area (Å²) in [6.45, 7) is 5.73. The first kappa shape index (κ1) is 7.60. The van der Waals surface area contributed by atoms with Crippen LogP contribution in [0.3, 0.4) is 0 Å². The zero-order valence-electron chi connectivity index (χ0n) is 7.60. The molecule has 11 heavy (non-hydrogen) atoms. The van der Waals surface area contributed by atoms with Gasteiger partial charge in [-0.25, -0.2) is 0 Å². The minimum Gasteiger partial charge on any atom is -0.370 e. The Bertz CT molecular complexity index is 147. The minimum atomic E-state index is 0.382. The zero-order valence-corrected chi connectivity index (χ0v) is 7.60. The maximum atomic E-state index is 5.52. The summed E-state index contributed by atoms with van der Waals surface area (Å²) in [5.74, 6) is 1.79. The summed E-state index contributed by atoms with van der Waals surface area (Å²) in [6, 6.07) is 0. The molecule has 1 heterocycles. The van der Waals surface area contributed by atoms with E-state index in [4.69, 9.17) is 4.74 Å². The molecule has 0 N–H and O–H groups in total. The fourth-order valence-corrected chi connectivity index (χ4v) is 2.30. The Hall–Kier alpha value is -0.0400. The van der Waals surface area contributed by atoms with Crippen molar-refractivity contribution in [1.29, 1.82) is 0 Å². The van der Waals surface area contributed by atoms with E-state index in [0.717, 1.165) is 18.4 Å². The van der Waals surface area contributed by atoms with Gasteiger partial charge in [-0.05, 0) is 31.1 Å². The molecule has 1 aliphatic carbocycles. The third-order valence-corrected chi connectivity index (χ3v) is 3.34. The number of ether oxygens (including phenoxy) is 1. The summed E-state index contributed by atoms with van der Waals surface area (Å²) in [5.41, 5.74) is 0.382. The van der Waals surface area contributed by atoms with Gasteiger partial charge in [-0.3, -0.25) is 0 Å². The van der Waals surface area contributed by atoms with Gasteiger partial charge in [-0.1, -0.05) is 20.3 Å². The second-order valence-corrected chi connectivity index (χ2v) is 4.57. The molecule has 1 saturated heterocycles. The SMILES string of the molecule is CC(C)C1CCCC2(CO2)C1. The van der Waals surface area contributed by atoms with E-state index >= 15 is 0 Å². The molecular formula is C10H18O. The first-order chi connectivity index (χ1) is 5.22. The van der Waals surface area contributed by atoms with Crippen LogP contribution in [0, 0.1) is 11.8 Å². The maximum Gasteiger partial charge on any atom is 0.0919 e. The van der Waals surface area contributed by atoms with Crippen molar-refractivity contribution in [2.75, 3.05) is 6.61 Å². The van der Waals surface area contributed by atoms with Crippen LogP contribution in [0.15, 0.2) is 0 Å². The summed E-state index contributed by atoms with van der Waals surface area (Å²) in [4.78, 5) is 0. The maximum absolute atomic E-state index is 5.52. The fraction of sp³-hybridized carbons (Fsp3) is 1.00. The van der Waals surface area contributed by atoms with Crippen LogP contribution in [0.2, 0.25) is 0 Å². The van der Waals surface area contributed by atoms with Crippen LogP contribution in [-0.2, 0) is 4.74 Å². The van der Waals surface area contributed by atoms with Gasteiger partial charge in [0.2, 0.25) is 0 Å². The molecule has 0 radical (unpaired) electrons. The first-order valence-corrected chi connectivity index (χ1v) is 4.86. The van der Waals surface area contributed by atoms with Crippen molar-refractivity contribution in [3.05, 3.63) is 0 Å². The monoisotopic (exact) mass is 154 g/mol. The molecule has 2 rings (SSSR count). The molecule has 64 valence electrons. The Morgan fingerprint density at radius 1 is 1.45 bits per heavy atom. The average Bonchev–Trinajstić information content (AvgIpc) is 2.69. The van der Waals surface area contributed by atoms with E-state index in [-0.39, 0.29) is 0 Å². The highest BCUT2D eigenvalue weighted by Crippen LogP contribution is 2.45. The summed E-state index contributed by atoms with van der Waals surface area (Å²) >= 11 is 0. The molecule has 2 aliphatic rings. The molecule has 0 aromatic heterocycles. The lowest BCUT2D eigenvalue weighted by Crippen LogP contribution is -2.25. The topological polar surface area (TPSA) is 12.5 Å². The van der Waals surface area contributed by atoms with Crippen molar-refractivity contribution in [2.45, 2.75) is 45.1 Å². The highest BCUT2D eigenvalue weighted by atomic mass is 16.6. The van der Waals surface area contributed by atoms with Crippen LogP contribution in [0.4, 0.5) is 0 Å². The molecule has 2 atom stereocenters. The van der Waals surface area contributed by atoms with E-state index in [1.165, 1.54) is 25.7 Å². The molecule has 0 aromatic carbocycles. The standard InChI is InChI=1S/C10H18O/c1-8(2)9-4-3-5-10(6-9)7-11-10/h8-9H,3-7H2,1-2H3. The van der Waals surface area contributed by atoms with Crippen molar-refractivity contribution >= 4 is 0 Å². The van der Waals surface area contributed by atoms with Crippen LogP contribution in [0.25, 0.3) is 0 Å². The smallest absolute Gasteiger partial charge is 0.0919 e. The zero-order chi connectivity index (χ0) is 7.90. The van der Waals surface area contributed by atoms with Gasteiger partial charge in [0, 0.05) is 0 Å². The Kier molecular flexibility index (Phi) is 1.71. The Labute approximate surface area is 69.1 Å². The van der Waals surface area contributed by atoms with Gasteiger partial charge in [0.15, 0.2) is 0 Å². The van der Waals surface area contributed by atoms with Crippen molar-refractivity contribution in [3.63, 3.8) is 0 Å². The molecule has 1 nitrogen and oxygen atoms in total. The van der Waals surface area contributed by atoms with Crippen molar-refractivity contribution < 1.29 is 4.74 Å². The van der Waals surface area contributed by atoms with Gasteiger partial charge in [0.25, 0.3) is 0 Å². The lowest BCUT2D eigenvalue weighted by atomic mass is 9.76. The summed E-state index contributed by atoms with van der Waals surface area (Å²) in [5, 5.41) is 0. The highest BCUT2D eigenvalue weighted by molar-refractivity contribution is 4.97. The van der Waals surface area contributed by atoms with Gasteiger partial charge >= 0.3 is 0 Å². The van der Waals surface area contributed by atoms with E-state index in [9.17, 15) is 0 Å². The Balaban J connectivity index is 1.93. The van der Waals surface area contributed by atoms with Gasteiger partial charge in [-0.15, -0.1) is 0 Å². The van der Waals surface area contributed by atoms with Gasteiger partial charge in [0.05, 0.1) is 12.2 Å². The van der Waals surface area contributed by atoms with E-state index in [1.807, 2.05) is 0 Å². The molecular weight excluding hydrogens is 136 g/mol. The van der Waals surface area contributed by atoms with Crippen LogP contribution in [0.5, 0.6) is 0 Å². The molecule has 2 fully saturated rings. The lowest BCUT2D eigenvalue weighted by Gasteiger charge is -2.29. The van der Waals surface area contributed by atoms with Crippen LogP contribution >= 0.6 is 0 Å². The van der Waals surface area contributed by atoms with Crippen molar-refractivity contribution in [3.8, 4) is 0 Å². The highest BCUT2D eigenvalue weighted by Gasteiger charge is 2.48. The molecule has 1 saturated carbocycles. The summed E-state index contributed by atoms with van der Waals surface area (Å²) in [6.07, 6.45) is 5.49. The number of hydrogen-bond donors (Lipinski definition) is 0. The predicted molar refractivity (Wildman–Crippen MR) is 45.5 cm³/mol. The summed E-state index contributed by atoms with van der Waals surface area (Å²) < 4.78 is 5.52. The third kappa shape index (κ3) is 1.44. The molecule has 0 aromatic rings. The number of rotatable bonds is 1. The Morgan fingerprint density at radius 2 is 2.18 bits per heavy atom. The van der Waals surface area contributed by atoms with Crippen LogP contribution in [0.1, 0.15) is 39.5 Å². The van der Waals surface area contributed by atoms with E-state index in [1.54, 1.807) is 0 Å². The second kappa shape index (κ2) is 2.48. The predicted octanol–water partition coefficient (Wildman–Crippen LogP) is 2.60. The molecule has 0 bridgehead atoms. The summed E-state index contributed by atoms with van der Waals surface area (Å²) in [7, 11) is 0. The Morgan fingerprint density at radius 3 is 2.73 bits per heavy atom. The molecule has 1 aliphatic heterocycles. The molecule has 1 spiro atoms. The minimum absolute atomic E-state index is 0.382. The van der Waals surface area contributed by atoms with Crippen LogP contribution in [-0.4, -0.2) is 12.2 Å². The van der Waals surface area contributed by atoms with Crippen molar-refractivity contribution in [1.82, 2.24) is 0 Å². The van der Waals surface area contributed by atoms with E-state index in [0.29, 0.717) is 5.60 Å². The molecule has 0 amide bonds. The molecule has 1 heteroatoms. The van der Waals surface area contributed by atoms with E-state index in [2.05, 4.69) is 13.8 Å². The fourth-order valence-electron chi connectivity index (χ4n) is 2.30. The van der Waals surface area contributed by atoms with Gasteiger partial charge in [-0.2, -0.15) is 0 Å². The largest absolute Gasteiger partial charge is 0.370 e. The van der Waals surface area contributed by atoms with Gasteiger partial charge in [0.1, 0.15) is 0 Å². The van der Waals surface area contributed by atoms with Crippen LogP contribution < -0.4 is 0 Å².